The van der Waals surface area contributed by atoms with Crippen LogP contribution in [0, 0.1) is 0 Å². The quantitative estimate of drug-likeness (QED) is 0.759. The van der Waals surface area contributed by atoms with Gasteiger partial charge in [-0.1, -0.05) is 0 Å². The molecular weight excluding hydrogens is 245 g/mol. The SMILES string of the molecule is O=S(=O)(Cl)C(CCCO)CC(F)(F)F. The number of alkyl halides is 3. The van der Waals surface area contributed by atoms with Gasteiger partial charge >= 0.3 is 6.18 Å². The average Bonchev–Trinajstić information content (AvgIpc) is 1.93. The molecule has 1 N–H and O–H groups in total. The smallest absolute Gasteiger partial charge is 0.390 e. The molecule has 0 fully saturated rings. The van der Waals surface area contributed by atoms with Crippen molar-refractivity contribution >= 4 is 19.7 Å². The monoisotopic (exact) mass is 254 g/mol. The summed E-state index contributed by atoms with van der Waals surface area (Å²) in [6, 6.07) is 0. The second-order valence-electron chi connectivity index (χ2n) is 2.78. The van der Waals surface area contributed by atoms with Gasteiger partial charge < -0.3 is 5.11 Å². The summed E-state index contributed by atoms with van der Waals surface area (Å²) in [5.74, 6) is 0. The van der Waals surface area contributed by atoms with E-state index in [0.717, 1.165) is 0 Å². The van der Waals surface area contributed by atoms with E-state index in [-0.39, 0.29) is 19.4 Å². The highest BCUT2D eigenvalue weighted by molar-refractivity contribution is 8.14. The molecule has 3 nitrogen and oxygen atoms in total. The summed E-state index contributed by atoms with van der Waals surface area (Å²) in [6.45, 7) is -0.360. The van der Waals surface area contributed by atoms with Crippen molar-refractivity contribution in [3.63, 3.8) is 0 Å². The molecular formula is C6H10ClF3O3S. The largest absolute Gasteiger partial charge is 0.396 e. The van der Waals surface area contributed by atoms with Crippen LogP contribution in [0.4, 0.5) is 13.2 Å². The second kappa shape index (κ2) is 5.18. The van der Waals surface area contributed by atoms with Crippen LogP contribution < -0.4 is 0 Å². The van der Waals surface area contributed by atoms with E-state index >= 15 is 0 Å². The van der Waals surface area contributed by atoms with Gasteiger partial charge in [-0.3, -0.25) is 0 Å². The summed E-state index contributed by atoms with van der Waals surface area (Å²) in [5.41, 5.74) is 0. The molecule has 0 saturated carbocycles. The minimum absolute atomic E-state index is 0.0211. The summed E-state index contributed by atoms with van der Waals surface area (Å²) in [7, 11) is 0.602. The van der Waals surface area contributed by atoms with Gasteiger partial charge in [0, 0.05) is 17.3 Å². The predicted molar refractivity (Wildman–Crippen MR) is 45.6 cm³/mol. The minimum Gasteiger partial charge on any atom is -0.396 e. The van der Waals surface area contributed by atoms with Crippen molar-refractivity contribution in [3.05, 3.63) is 0 Å². The Morgan fingerprint density at radius 1 is 1.36 bits per heavy atom. The molecule has 0 amide bonds. The van der Waals surface area contributed by atoms with Crippen LogP contribution in [-0.2, 0) is 9.05 Å². The lowest BCUT2D eigenvalue weighted by atomic mass is 10.2. The van der Waals surface area contributed by atoms with E-state index in [1.165, 1.54) is 0 Å². The molecule has 0 bridgehead atoms. The van der Waals surface area contributed by atoms with Gasteiger partial charge in [-0.2, -0.15) is 13.2 Å². The second-order valence-corrected chi connectivity index (χ2v) is 5.69. The van der Waals surface area contributed by atoms with Gasteiger partial charge in [-0.15, -0.1) is 0 Å². The minimum atomic E-state index is -4.57. The average molecular weight is 255 g/mol. The molecule has 0 aromatic carbocycles. The van der Waals surface area contributed by atoms with Gasteiger partial charge in [0.2, 0.25) is 9.05 Å². The van der Waals surface area contributed by atoms with E-state index in [1.54, 1.807) is 0 Å². The van der Waals surface area contributed by atoms with Crippen molar-refractivity contribution in [2.45, 2.75) is 30.7 Å². The van der Waals surface area contributed by atoms with E-state index in [9.17, 15) is 21.6 Å². The van der Waals surface area contributed by atoms with Gasteiger partial charge in [-0.25, -0.2) is 8.42 Å². The Balaban J connectivity index is 4.43. The molecule has 86 valence electrons. The first-order valence-corrected chi connectivity index (χ1v) is 6.15. The number of hydrogen-bond donors (Lipinski definition) is 1. The van der Waals surface area contributed by atoms with Gasteiger partial charge in [0.25, 0.3) is 0 Å². The van der Waals surface area contributed by atoms with Gasteiger partial charge in [0.15, 0.2) is 0 Å². The van der Waals surface area contributed by atoms with Crippen molar-refractivity contribution < 1.29 is 26.7 Å². The van der Waals surface area contributed by atoms with Crippen LogP contribution in [0.1, 0.15) is 19.3 Å². The van der Waals surface area contributed by atoms with Crippen molar-refractivity contribution in [3.8, 4) is 0 Å². The van der Waals surface area contributed by atoms with E-state index in [2.05, 4.69) is 0 Å². The van der Waals surface area contributed by atoms with Crippen LogP contribution in [0.15, 0.2) is 0 Å². The van der Waals surface area contributed by atoms with E-state index in [1.807, 2.05) is 0 Å². The topological polar surface area (TPSA) is 54.4 Å². The van der Waals surface area contributed by atoms with Crippen LogP contribution >= 0.6 is 10.7 Å². The summed E-state index contributed by atoms with van der Waals surface area (Å²) in [4.78, 5) is 0. The highest BCUT2D eigenvalue weighted by Gasteiger charge is 2.37. The van der Waals surface area contributed by atoms with E-state index < -0.39 is 26.9 Å². The fourth-order valence-corrected chi connectivity index (χ4v) is 2.21. The third kappa shape index (κ3) is 6.44. The molecule has 0 aliphatic rings. The van der Waals surface area contributed by atoms with E-state index in [0.29, 0.717) is 0 Å². The molecule has 0 aromatic rings. The first-order valence-electron chi connectivity index (χ1n) is 3.78. The third-order valence-corrected chi connectivity index (χ3v) is 3.50. The van der Waals surface area contributed by atoms with Crippen molar-refractivity contribution in [2.75, 3.05) is 6.61 Å². The zero-order valence-corrected chi connectivity index (χ0v) is 8.66. The van der Waals surface area contributed by atoms with Gasteiger partial charge in [0.05, 0.1) is 11.7 Å². The highest BCUT2D eigenvalue weighted by atomic mass is 35.7. The lowest BCUT2D eigenvalue weighted by Crippen LogP contribution is -2.25. The fourth-order valence-electron chi connectivity index (χ4n) is 0.919. The molecule has 0 spiro atoms. The highest BCUT2D eigenvalue weighted by Crippen LogP contribution is 2.28. The fraction of sp³-hybridized carbons (Fsp3) is 1.00. The predicted octanol–water partition coefficient (Wildman–Crippen LogP) is 1.65. The van der Waals surface area contributed by atoms with Gasteiger partial charge in [-0.05, 0) is 12.8 Å². The Bertz CT molecular complexity index is 262. The number of hydrogen-bond acceptors (Lipinski definition) is 3. The molecule has 14 heavy (non-hydrogen) atoms. The molecule has 0 aromatic heterocycles. The Morgan fingerprint density at radius 2 is 1.86 bits per heavy atom. The van der Waals surface area contributed by atoms with E-state index in [4.69, 9.17) is 15.8 Å². The van der Waals surface area contributed by atoms with Crippen LogP contribution in [0.5, 0.6) is 0 Å². The first-order chi connectivity index (χ1) is 6.17. The number of aliphatic hydroxyl groups is 1. The molecule has 8 heteroatoms. The summed E-state index contributed by atoms with van der Waals surface area (Å²) < 4.78 is 57.0. The summed E-state index contributed by atoms with van der Waals surface area (Å²) >= 11 is 0. The third-order valence-electron chi connectivity index (χ3n) is 1.54. The molecule has 0 aliphatic heterocycles. The van der Waals surface area contributed by atoms with Crippen LogP contribution in [0.2, 0.25) is 0 Å². The standard InChI is InChI=1S/C6H10ClF3O3S/c7-14(12,13)5(2-1-3-11)4-6(8,9)10/h5,11H,1-4H2. The Hall–Kier alpha value is -0.0100. The van der Waals surface area contributed by atoms with Gasteiger partial charge in [0.1, 0.15) is 0 Å². The first kappa shape index (κ1) is 14.0. The van der Waals surface area contributed by atoms with Crippen LogP contribution in [-0.4, -0.2) is 31.6 Å². The molecule has 0 heterocycles. The summed E-state index contributed by atoms with van der Waals surface area (Å²) in [5, 5.41) is 6.69. The van der Waals surface area contributed by atoms with Crippen LogP contribution in [0.25, 0.3) is 0 Å². The normalized spacial score (nSPS) is 15.5. The number of halogens is 4. The Morgan fingerprint density at radius 3 is 2.14 bits per heavy atom. The lowest BCUT2D eigenvalue weighted by Gasteiger charge is -2.14. The maximum absolute atomic E-state index is 11.9. The Labute approximate surface area is 84.3 Å². The zero-order chi connectivity index (χ0) is 11.4. The molecule has 0 radical (unpaired) electrons. The number of aliphatic hydroxyl groups excluding tert-OH is 1. The lowest BCUT2D eigenvalue weighted by molar-refractivity contribution is -0.134. The molecule has 0 rings (SSSR count). The zero-order valence-electron chi connectivity index (χ0n) is 7.09. The van der Waals surface area contributed by atoms with Crippen molar-refractivity contribution in [2.24, 2.45) is 0 Å². The Kier molecular flexibility index (Phi) is 5.17. The molecule has 1 atom stereocenters. The molecule has 0 aliphatic carbocycles. The van der Waals surface area contributed by atoms with Crippen molar-refractivity contribution in [1.82, 2.24) is 0 Å². The maximum Gasteiger partial charge on any atom is 0.390 e. The molecule has 1 unspecified atom stereocenters. The van der Waals surface area contributed by atoms with Crippen molar-refractivity contribution in [1.29, 1.82) is 0 Å². The summed E-state index contributed by atoms with van der Waals surface area (Å²) in [6.07, 6.45) is -6.35. The molecule has 0 saturated heterocycles. The van der Waals surface area contributed by atoms with Crippen LogP contribution in [0.3, 0.4) is 0 Å². The number of rotatable bonds is 5. The maximum atomic E-state index is 11.9.